The summed E-state index contributed by atoms with van der Waals surface area (Å²) in [6.07, 6.45) is 3.22. The fourth-order valence-corrected chi connectivity index (χ4v) is 2.51. The van der Waals surface area contributed by atoms with Crippen molar-refractivity contribution in [3.05, 3.63) is 34.7 Å². The second-order valence-corrected chi connectivity index (χ2v) is 5.87. The molecule has 0 aromatic carbocycles. The van der Waals surface area contributed by atoms with Crippen LogP contribution in [0.25, 0.3) is 0 Å². The van der Waals surface area contributed by atoms with Crippen LogP contribution in [0.15, 0.2) is 23.0 Å². The molecule has 1 N–H and O–H groups in total. The molecule has 0 saturated carbocycles. The van der Waals surface area contributed by atoms with E-state index in [2.05, 4.69) is 30.4 Å². The predicted octanol–water partition coefficient (Wildman–Crippen LogP) is 2.70. The lowest BCUT2D eigenvalue weighted by Gasteiger charge is -2.18. The van der Waals surface area contributed by atoms with Gasteiger partial charge in [0.25, 0.3) is 0 Å². The van der Waals surface area contributed by atoms with Crippen LogP contribution in [0.1, 0.15) is 43.0 Å². The van der Waals surface area contributed by atoms with Crippen LogP contribution >= 0.6 is 11.5 Å². The first-order chi connectivity index (χ1) is 7.98. The zero-order chi connectivity index (χ0) is 12.5. The third kappa shape index (κ3) is 2.73. The summed E-state index contributed by atoms with van der Waals surface area (Å²) >= 11 is 1.26. The van der Waals surface area contributed by atoms with Crippen molar-refractivity contribution in [3.8, 4) is 0 Å². The van der Waals surface area contributed by atoms with E-state index in [1.807, 2.05) is 6.07 Å². The van der Waals surface area contributed by atoms with Gasteiger partial charge in [0.1, 0.15) is 0 Å². The molecule has 0 fully saturated rings. The van der Waals surface area contributed by atoms with Crippen LogP contribution in [0.5, 0.6) is 0 Å². The van der Waals surface area contributed by atoms with Gasteiger partial charge in [-0.2, -0.15) is 0 Å². The van der Waals surface area contributed by atoms with Crippen LogP contribution in [0.4, 0.5) is 0 Å². The molecule has 2 heterocycles. The van der Waals surface area contributed by atoms with Crippen LogP contribution in [-0.4, -0.2) is 14.7 Å². The lowest BCUT2D eigenvalue weighted by Crippen LogP contribution is -2.16. The van der Waals surface area contributed by atoms with E-state index in [9.17, 15) is 5.11 Å². The van der Waals surface area contributed by atoms with Crippen molar-refractivity contribution in [3.63, 3.8) is 0 Å². The molecule has 0 amide bonds. The number of furan rings is 1. The number of hydrogen-bond acceptors (Lipinski definition) is 5. The van der Waals surface area contributed by atoms with Gasteiger partial charge in [0, 0.05) is 11.8 Å². The van der Waals surface area contributed by atoms with Crippen molar-refractivity contribution in [2.75, 3.05) is 0 Å². The molecule has 92 valence electrons. The summed E-state index contributed by atoms with van der Waals surface area (Å²) in [6, 6.07) is 1.86. The largest absolute Gasteiger partial charge is 0.472 e. The molecular weight excluding hydrogens is 236 g/mol. The number of aromatic nitrogens is 2. The summed E-state index contributed by atoms with van der Waals surface area (Å²) < 4.78 is 8.94. The minimum atomic E-state index is -0.568. The highest BCUT2D eigenvalue weighted by Crippen LogP contribution is 2.31. The van der Waals surface area contributed by atoms with E-state index >= 15 is 0 Å². The van der Waals surface area contributed by atoms with Crippen molar-refractivity contribution in [1.29, 1.82) is 0 Å². The molecule has 0 spiro atoms. The molecule has 1 unspecified atom stereocenters. The molecule has 0 bridgehead atoms. The van der Waals surface area contributed by atoms with Crippen molar-refractivity contribution in [2.24, 2.45) is 0 Å². The van der Waals surface area contributed by atoms with E-state index in [-0.39, 0.29) is 5.41 Å². The number of nitrogens with zero attached hydrogens (tertiary/aromatic N) is 2. The molecule has 2 rings (SSSR count). The van der Waals surface area contributed by atoms with Gasteiger partial charge in [0.15, 0.2) is 0 Å². The maximum atomic E-state index is 10.2. The molecule has 0 aliphatic heterocycles. The maximum absolute atomic E-state index is 10.2. The normalized spacial score (nSPS) is 13.9. The molecule has 2 aromatic heterocycles. The number of rotatable bonds is 3. The number of aliphatic hydroxyl groups excluding tert-OH is 1. The average molecular weight is 252 g/mol. The Balaban J connectivity index is 2.20. The molecule has 2 aromatic rings. The Morgan fingerprint density at radius 3 is 2.82 bits per heavy atom. The molecule has 0 saturated heterocycles. The monoisotopic (exact) mass is 252 g/mol. The molecule has 1 atom stereocenters. The van der Waals surface area contributed by atoms with E-state index in [4.69, 9.17) is 4.42 Å². The minimum Gasteiger partial charge on any atom is -0.472 e. The van der Waals surface area contributed by atoms with Crippen LogP contribution in [0, 0.1) is 0 Å². The zero-order valence-corrected chi connectivity index (χ0v) is 11.0. The van der Waals surface area contributed by atoms with E-state index < -0.39 is 6.10 Å². The topological polar surface area (TPSA) is 59.2 Å². The standard InChI is InChI=1S/C12H16N2O2S/c1-12(2,3)11-10(17-14-13-11)9(15)6-8-4-5-16-7-8/h4-5,7,9,15H,6H2,1-3H3. The van der Waals surface area contributed by atoms with E-state index in [1.54, 1.807) is 12.5 Å². The van der Waals surface area contributed by atoms with E-state index in [1.165, 1.54) is 11.5 Å². The summed E-state index contributed by atoms with van der Waals surface area (Å²) in [5.74, 6) is 0. The average Bonchev–Trinajstić information content (AvgIpc) is 2.85. The summed E-state index contributed by atoms with van der Waals surface area (Å²) in [5.41, 5.74) is 1.75. The predicted molar refractivity (Wildman–Crippen MR) is 66.0 cm³/mol. The lowest BCUT2D eigenvalue weighted by molar-refractivity contribution is 0.179. The molecule has 4 nitrogen and oxygen atoms in total. The molecule has 5 heteroatoms. The maximum Gasteiger partial charge on any atom is 0.0958 e. The highest BCUT2D eigenvalue weighted by molar-refractivity contribution is 7.05. The molecule has 0 radical (unpaired) electrons. The first kappa shape index (κ1) is 12.3. The SMILES string of the molecule is CC(C)(C)c1nnsc1C(O)Cc1ccoc1. The van der Waals surface area contributed by atoms with Crippen LogP contribution < -0.4 is 0 Å². The van der Waals surface area contributed by atoms with Gasteiger partial charge in [-0.05, 0) is 23.2 Å². The third-order valence-electron chi connectivity index (χ3n) is 2.54. The van der Waals surface area contributed by atoms with Gasteiger partial charge in [0.05, 0.1) is 29.2 Å². The van der Waals surface area contributed by atoms with Gasteiger partial charge >= 0.3 is 0 Å². The highest BCUT2D eigenvalue weighted by atomic mass is 32.1. The summed E-state index contributed by atoms with van der Waals surface area (Å²) in [4.78, 5) is 0.846. The summed E-state index contributed by atoms with van der Waals surface area (Å²) in [7, 11) is 0. The Bertz CT molecular complexity index is 471. The van der Waals surface area contributed by atoms with Gasteiger partial charge < -0.3 is 9.52 Å². The smallest absolute Gasteiger partial charge is 0.0958 e. The second-order valence-electron chi connectivity index (χ2n) is 5.09. The quantitative estimate of drug-likeness (QED) is 0.912. The molecule has 0 aliphatic rings. The third-order valence-corrected chi connectivity index (χ3v) is 3.36. The first-order valence-corrected chi connectivity index (χ1v) is 6.27. The van der Waals surface area contributed by atoms with Crippen LogP contribution in [0.2, 0.25) is 0 Å². The first-order valence-electron chi connectivity index (χ1n) is 5.50. The fourth-order valence-electron chi connectivity index (χ4n) is 1.66. The Hall–Kier alpha value is -1.20. The Kier molecular flexibility index (Phi) is 3.31. The van der Waals surface area contributed by atoms with Crippen molar-refractivity contribution in [1.82, 2.24) is 9.59 Å². The van der Waals surface area contributed by atoms with Gasteiger partial charge in [-0.1, -0.05) is 25.3 Å². The molecule has 17 heavy (non-hydrogen) atoms. The summed E-state index contributed by atoms with van der Waals surface area (Å²) in [6.45, 7) is 6.20. The lowest BCUT2D eigenvalue weighted by atomic mass is 9.90. The van der Waals surface area contributed by atoms with Crippen LogP contribution in [-0.2, 0) is 11.8 Å². The van der Waals surface area contributed by atoms with Gasteiger partial charge in [-0.15, -0.1) is 5.10 Å². The number of hydrogen-bond donors (Lipinski definition) is 1. The summed E-state index contributed by atoms with van der Waals surface area (Å²) in [5, 5.41) is 14.3. The Morgan fingerprint density at radius 1 is 1.47 bits per heavy atom. The fraction of sp³-hybridized carbons (Fsp3) is 0.500. The highest BCUT2D eigenvalue weighted by Gasteiger charge is 2.26. The second kappa shape index (κ2) is 4.58. The zero-order valence-electron chi connectivity index (χ0n) is 10.2. The van der Waals surface area contributed by atoms with Crippen molar-refractivity contribution < 1.29 is 9.52 Å². The van der Waals surface area contributed by atoms with E-state index in [0.29, 0.717) is 6.42 Å². The van der Waals surface area contributed by atoms with Crippen LogP contribution in [0.3, 0.4) is 0 Å². The Morgan fingerprint density at radius 2 is 2.24 bits per heavy atom. The molecular formula is C12H16N2O2S. The van der Waals surface area contributed by atoms with Gasteiger partial charge in [-0.3, -0.25) is 0 Å². The van der Waals surface area contributed by atoms with Crippen molar-refractivity contribution >= 4 is 11.5 Å². The van der Waals surface area contributed by atoms with Crippen molar-refractivity contribution in [2.45, 2.75) is 38.7 Å². The molecule has 0 aliphatic carbocycles. The Labute approximate surface area is 104 Å². The van der Waals surface area contributed by atoms with Gasteiger partial charge in [-0.25, -0.2) is 0 Å². The van der Waals surface area contributed by atoms with Gasteiger partial charge in [0.2, 0.25) is 0 Å². The number of aliphatic hydroxyl groups is 1. The van der Waals surface area contributed by atoms with E-state index in [0.717, 1.165) is 16.1 Å². The minimum absolute atomic E-state index is 0.0975.